The van der Waals surface area contributed by atoms with Gasteiger partial charge >= 0.3 is 6.09 Å². The summed E-state index contributed by atoms with van der Waals surface area (Å²) in [6, 6.07) is 0.191. The van der Waals surface area contributed by atoms with Gasteiger partial charge in [-0.3, -0.25) is 0 Å². The zero-order valence-electron chi connectivity index (χ0n) is 12.1. The van der Waals surface area contributed by atoms with E-state index in [4.69, 9.17) is 4.74 Å². The van der Waals surface area contributed by atoms with Crippen LogP contribution in [0, 0.1) is 0 Å². The minimum Gasteiger partial charge on any atom is -0.444 e. The molecule has 0 radical (unpaired) electrons. The van der Waals surface area contributed by atoms with E-state index in [1.54, 1.807) is 4.90 Å². The maximum absolute atomic E-state index is 12.1. The molecule has 2 heterocycles. The van der Waals surface area contributed by atoms with E-state index >= 15 is 0 Å². The Kier molecular flexibility index (Phi) is 4.53. The van der Waals surface area contributed by atoms with E-state index in [9.17, 15) is 4.79 Å². The second-order valence-corrected chi connectivity index (χ2v) is 8.04. The van der Waals surface area contributed by atoms with Crippen LogP contribution in [-0.2, 0) is 4.74 Å². The SMILES string of the molecule is C[C@@H]1CN(C(=O)OC(C)(C)C)CCN1c1nnc(Br)s1. The van der Waals surface area contributed by atoms with Gasteiger partial charge in [-0.05, 0) is 43.6 Å². The molecule has 0 bridgehead atoms. The number of rotatable bonds is 1. The molecule has 2 rings (SSSR count). The van der Waals surface area contributed by atoms with Crippen LogP contribution in [0.2, 0.25) is 0 Å². The predicted octanol–water partition coefficient (Wildman–Crippen LogP) is 2.75. The van der Waals surface area contributed by atoms with Crippen LogP contribution >= 0.6 is 27.3 Å². The molecule has 1 amide bonds. The van der Waals surface area contributed by atoms with Gasteiger partial charge in [0.15, 0.2) is 3.92 Å². The minimum atomic E-state index is -0.457. The average Bonchev–Trinajstić information content (AvgIpc) is 2.73. The summed E-state index contributed by atoms with van der Waals surface area (Å²) in [5.74, 6) is 0. The molecule has 1 aromatic rings. The Labute approximate surface area is 131 Å². The summed E-state index contributed by atoms with van der Waals surface area (Å²) in [6.45, 7) is 9.71. The second-order valence-electron chi connectivity index (χ2n) is 5.81. The first-order valence-corrected chi connectivity index (χ1v) is 8.11. The van der Waals surface area contributed by atoms with Gasteiger partial charge in [0.1, 0.15) is 5.60 Å². The van der Waals surface area contributed by atoms with Gasteiger partial charge in [-0.1, -0.05) is 11.3 Å². The van der Waals surface area contributed by atoms with Gasteiger partial charge in [0, 0.05) is 25.7 Å². The number of piperazine rings is 1. The fourth-order valence-electron chi connectivity index (χ4n) is 2.05. The molecular weight excluding hydrogens is 344 g/mol. The topological polar surface area (TPSA) is 58.6 Å². The largest absolute Gasteiger partial charge is 0.444 e. The number of halogens is 1. The fourth-order valence-corrected chi connectivity index (χ4v) is 3.26. The Morgan fingerprint density at radius 2 is 2.10 bits per heavy atom. The van der Waals surface area contributed by atoms with E-state index in [0.717, 1.165) is 15.6 Å². The molecule has 20 heavy (non-hydrogen) atoms. The Balaban J connectivity index is 1.97. The summed E-state index contributed by atoms with van der Waals surface area (Å²) in [4.78, 5) is 16.0. The van der Waals surface area contributed by atoms with Crippen molar-refractivity contribution in [2.75, 3.05) is 24.5 Å². The van der Waals surface area contributed by atoms with Gasteiger partial charge in [0.2, 0.25) is 5.13 Å². The number of amides is 1. The number of aromatic nitrogens is 2. The lowest BCUT2D eigenvalue weighted by Gasteiger charge is -2.39. The zero-order chi connectivity index (χ0) is 14.9. The van der Waals surface area contributed by atoms with Crippen molar-refractivity contribution < 1.29 is 9.53 Å². The summed E-state index contributed by atoms with van der Waals surface area (Å²) in [7, 11) is 0. The summed E-state index contributed by atoms with van der Waals surface area (Å²) >= 11 is 4.82. The molecule has 8 heteroatoms. The zero-order valence-corrected chi connectivity index (χ0v) is 14.5. The highest BCUT2D eigenvalue weighted by molar-refractivity contribution is 9.11. The first-order valence-electron chi connectivity index (χ1n) is 6.50. The Morgan fingerprint density at radius 1 is 1.40 bits per heavy atom. The molecule has 1 atom stereocenters. The lowest BCUT2D eigenvalue weighted by Crippen LogP contribution is -2.54. The third-order valence-corrected chi connectivity index (χ3v) is 4.31. The highest BCUT2D eigenvalue weighted by Crippen LogP contribution is 2.27. The Bertz CT molecular complexity index is 488. The molecule has 1 aromatic heterocycles. The third kappa shape index (κ3) is 3.82. The maximum Gasteiger partial charge on any atom is 0.410 e. The smallest absolute Gasteiger partial charge is 0.410 e. The molecule has 1 aliphatic rings. The summed E-state index contributed by atoms with van der Waals surface area (Å²) in [6.07, 6.45) is -0.248. The van der Waals surface area contributed by atoms with Crippen LogP contribution < -0.4 is 4.90 Å². The molecule has 0 saturated carbocycles. The number of hydrogen-bond acceptors (Lipinski definition) is 6. The molecule has 0 N–H and O–H groups in total. The Hall–Kier alpha value is -0.890. The lowest BCUT2D eigenvalue weighted by molar-refractivity contribution is 0.0219. The minimum absolute atomic E-state index is 0.191. The van der Waals surface area contributed by atoms with Gasteiger partial charge in [-0.2, -0.15) is 0 Å². The molecule has 0 aliphatic carbocycles. The predicted molar refractivity (Wildman–Crippen MR) is 82.2 cm³/mol. The highest BCUT2D eigenvalue weighted by atomic mass is 79.9. The van der Waals surface area contributed by atoms with Crippen molar-refractivity contribution in [3.63, 3.8) is 0 Å². The first kappa shape index (κ1) is 15.5. The molecule has 6 nitrogen and oxygen atoms in total. The number of ether oxygens (including phenoxy) is 1. The van der Waals surface area contributed by atoms with Crippen LogP contribution in [0.4, 0.5) is 9.93 Å². The monoisotopic (exact) mass is 362 g/mol. The summed E-state index contributed by atoms with van der Waals surface area (Å²) in [5.41, 5.74) is -0.457. The van der Waals surface area contributed by atoms with Crippen LogP contribution in [0.3, 0.4) is 0 Å². The van der Waals surface area contributed by atoms with E-state index < -0.39 is 5.60 Å². The van der Waals surface area contributed by atoms with Crippen LogP contribution in [0.5, 0.6) is 0 Å². The van der Waals surface area contributed by atoms with Crippen molar-refractivity contribution in [3.8, 4) is 0 Å². The van der Waals surface area contributed by atoms with E-state index in [1.165, 1.54) is 11.3 Å². The van der Waals surface area contributed by atoms with E-state index in [1.807, 2.05) is 20.8 Å². The van der Waals surface area contributed by atoms with E-state index in [0.29, 0.717) is 13.1 Å². The number of carbonyl (C=O) groups excluding carboxylic acids is 1. The molecule has 0 spiro atoms. The van der Waals surface area contributed by atoms with Crippen LogP contribution in [0.15, 0.2) is 3.92 Å². The number of nitrogens with zero attached hydrogens (tertiary/aromatic N) is 4. The first-order chi connectivity index (χ1) is 9.26. The van der Waals surface area contributed by atoms with Gasteiger partial charge < -0.3 is 14.5 Å². The van der Waals surface area contributed by atoms with Crippen molar-refractivity contribution in [1.29, 1.82) is 0 Å². The molecule has 112 valence electrons. The molecule has 1 fully saturated rings. The highest BCUT2D eigenvalue weighted by Gasteiger charge is 2.31. The molecule has 0 aromatic carbocycles. The number of hydrogen-bond donors (Lipinski definition) is 0. The molecule has 0 unspecified atom stereocenters. The lowest BCUT2D eigenvalue weighted by atomic mass is 10.2. The standard InChI is InChI=1S/C12H19BrN4O2S/c1-8-7-16(11(18)19-12(2,3)4)5-6-17(8)10-15-14-9(13)20-10/h8H,5-7H2,1-4H3/t8-/m1/s1. The molecular formula is C12H19BrN4O2S. The average molecular weight is 363 g/mol. The van der Waals surface area contributed by atoms with Crippen LogP contribution in [0.25, 0.3) is 0 Å². The van der Waals surface area contributed by atoms with Gasteiger partial charge in [0.05, 0.1) is 0 Å². The second kappa shape index (κ2) is 5.85. The van der Waals surface area contributed by atoms with Crippen LogP contribution in [-0.4, -0.2) is 52.5 Å². The van der Waals surface area contributed by atoms with Gasteiger partial charge in [-0.15, -0.1) is 10.2 Å². The van der Waals surface area contributed by atoms with Crippen molar-refractivity contribution in [2.24, 2.45) is 0 Å². The van der Waals surface area contributed by atoms with Crippen LogP contribution in [0.1, 0.15) is 27.7 Å². The van der Waals surface area contributed by atoms with Gasteiger partial charge in [0.25, 0.3) is 0 Å². The molecule has 1 aliphatic heterocycles. The summed E-state index contributed by atoms with van der Waals surface area (Å²) in [5, 5.41) is 8.98. The van der Waals surface area contributed by atoms with E-state index in [-0.39, 0.29) is 12.1 Å². The summed E-state index contributed by atoms with van der Waals surface area (Å²) < 4.78 is 6.18. The van der Waals surface area contributed by atoms with Crippen molar-refractivity contribution in [2.45, 2.75) is 39.3 Å². The number of carbonyl (C=O) groups is 1. The molecule has 1 saturated heterocycles. The third-order valence-electron chi connectivity index (χ3n) is 2.91. The maximum atomic E-state index is 12.1. The fraction of sp³-hybridized carbons (Fsp3) is 0.750. The Morgan fingerprint density at radius 3 is 2.60 bits per heavy atom. The van der Waals surface area contributed by atoms with Crippen molar-refractivity contribution in [1.82, 2.24) is 15.1 Å². The quantitative estimate of drug-likeness (QED) is 0.768. The van der Waals surface area contributed by atoms with Crippen molar-refractivity contribution >= 4 is 38.5 Å². The van der Waals surface area contributed by atoms with Gasteiger partial charge in [-0.25, -0.2) is 4.79 Å². The van der Waals surface area contributed by atoms with E-state index in [2.05, 4.69) is 38.0 Å². The normalized spacial score (nSPS) is 20.1. The number of anilines is 1. The van der Waals surface area contributed by atoms with Crippen molar-refractivity contribution in [3.05, 3.63) is 3.92 Å².